The third kappa shape index (κ3) is 6.15. The molecule has 0 N–H and O–H groups in total. The zero-order valence-corrected chi connectivity index (χ0v) is 22.6. The second-order valence-corrected chi connectivity index (χ2v) is 15.1. The van der Waals surface area contributed by atoms with Crippen LogP contribution in [0.3, 0.4) is 0 Å². The fourth-order valence-electron chi connectivity index (χ4n) is 3.43. The van der Waals surface area contributed by atoms with Crippen molar-refractivity contribution in [2.45, 2.75) is 65.3 Å². The molecular weight excluding hydrogens is 424 g/mol. The van der Waals surface area contributed by atoms with Gasteiger partial charge in [0.1, 0.15) is 12.4 Å². The lowest BCUT2D eigenvalue weighted by molar-refractivity contribution is 0.112. The van der Waals surface area contributed by atoms with Crippen molar-refractivity contribution in [1.82, 2.24) is 4.98 Å². The van der Waals surface area contributed by atoms with Gasteiger partial charge in [-0.15, -0.1) is 0 Å². The van der Waals surface area contributed by atoms with Crippen molar-refractivity contribution in [1.29, 1.82) is 0 Å². The second-order valence-electron chi connectivity index (χ2n) is 10.3. The van der Waals surface area contributed by atoms with Crippen LogP contribution in [0.2, 0.25) is 18.1 Å². The smallest absolute Gasteiger partial charge is 0.192 e. The molecule has 0 saturated carbocycles. The van der Waals surface area contributed by atoms with Gasteiger partial charge in [0.05, 0.1) is 17.3 Å². The van der Waals surface area contributed by atoms with Crippen LogP contribution in [0.25, 0.3) is 22.2 Å². The Morgan fingerprint density at radius 3 is 2.24 bits per heavy atom. The molecule has 0 aliphatic carbocycles. The molecule has 0 radical (unpaired) electrons. The van der Waals surface area contributed by atoms with E-state index in [4.69, 9.17) is 14.1 Å². The van der Waals surface area contributed by atoms with Crippen LogP contribution in [-0.2, 0) is 4.43 Å². The van der Waals surface area contributed by atoms with Crippen LogP contribution in [-0.4, -0.2) is 39.6 Å². The van der Waals surface area contributed by atoms with Crippen molar-refractivity contribution in [2.75, 3.05) is 25.1 Å². The summed E-state index contributed by atoms with van der Waals surface area (Å²) >= 11 is 0. The summed E-state index contributed by atoms with van der Waals surface area (Å²) in [7, 11) is 0.277. The van der Waals surface area contributed by atoms with Gasteiger partial charge in [0, 0.05) is 36.3 Å². The molecule has 0 aliphatic rings. The standard InChI is InChI=1S/C28H40N2O2Si/c1-9-24(32-33(7,8)28(3,4)5)20-31-25-17-13-22-14-18-26(29-27(22)19-25)21-11-15-23(16-12-21)30(6)10-2/h11-19,24H,9-10,20H2,1-8H3. The number of hydrogen-bond donors (Lipinski definition) is 0. The van der Waals surface area contributed by atoms with E-state index in [1.165, 1.54) is 5.69 Å². The first kappa shape index (κ1) is 25.3. The highest BCUT2D eigenvalue weighted by atomic mass is 28.4. The summed E-state index contributed by atoms with van der Waals surface area (Å²) in [6, 6.07) is 18.9. The van der Waals surface area contributed by atoms with Crippen molar-refractivity contribution < 1.29 is 9.16 Å². The molecule has 0 aliphatic heterocycles. The molecule has 1 heterocycles. The molecule has 0 fully saturated rings. The van der Waals surface area contributed by atoms with E-state index in [1.807, 2.05) is 12.1 Å². The zero-order chi connectivity index (χ0) is 24.2. The maximum Gasteiger partial charge on any atom is 0.192 e. The number of aromatic nitrogens is 1. The monoisotopic (exact) mass is 464 g/mol. The lowest BCUT2D eigenvalue weighted by Crippen LogP contribution is -2.45. The Bertz CT molecular complexity index is 1060. The van der Waals surface area contributed by atoms with E-state index >= 15 is 0 Å². The first-order chi connectivity index (χ1) is 15.5. The fraction of sp³-hybridized carbons (Fsp3) is 0.464. The van der Waals surface area contributed by atoms with E-state index in [-0.39, 0.29) is 11.1 Å². The maximum absolute atomic E-state index is 6.57. The van der Waals surface area contributed by atoms with Gasteiger partial charge in [0.2, 0.25) is 0 Å². The van der Waals surface area contributed by atoms with Crippen LogP contribution in [0.5, 0.6) is 5.75 Å². The summed E-state index contributed by atoms with van der Waals surface area (Å²) in [6.45, 7) is 17.3. The van der Waals surface area contributed by atoms with Gasteiger partial charge in [-0.3, -0.25) is 0 Å². The first-order valence-corrected chi connectivity index (χ1v) is 15.0. The highest BCUT2D eigenvalue weighted by molar-refractivity contribution is 6.74. The van der Waals surface area contributed by atoms with Gasteiger partial charge in [-0.25, -0.2) is 4.98 Å². The number of hydrogen-bond acceptors (Lipinski definition) is 4. The molecule has 0 spiro atoms. The molecule has 1 atom stereocenters. The fourth-order valence-corrected chi connectivity index (χ4v) is 4.86. The van der Waals surface area contributed by atoms with Gasteiger partial charge in [0.15, 0.2) is 8.32 Å². The summed E-state index contributed by atoms with van der Waals surface area (Å²) in [5, 5.41) is 1.30. The minimum absolute atomic E-state index is 0.0978. The Balaban J connectivity index is 1.75. The SMILES string of the molecule is CCC(COc1ccc2ccc(-c3ccc(N(C)CC)cc3)nc2c1)O[Si](C)(C)C(C)(C)C. The lowest BCUT2D eigenvalue weighted by atomic mass is 10.1. The van der Waals surface area contributed by atoms with Gasteiger partial charge in [-0.05, 0) is 61.8 Å². The Labute approximate surface area is 201 Å². The van der Waals surface area contributed by atoms with Gasteiger partial charge >= 0.3 is 0 Å². The molecule has 0 amide bonds. The summed E-state index contributed by atoms with van der Waals surface area (Å²) in [5.41, 5.74) is 4.24. The van der Waals surface area contributed by atoms with E-state index in [1.54, 1.807) is 0 Å². The normalized spacial score (nSPS) is 13.2. The van der Waals surface area contributed by atoms with Crippen LogP contribution in [0.15, 0.2) is 54.6 Å². The van der Waals surface area contributed by atoms with Crippen LogP contribution in [0.4, 0.5) is 5.69 Å². The van der Waals surface area contributed by atoms with Crippen molar-refractivity contribution in [3.05, 3.63) is 54.6 Å². The molecule has 3 rings (SSSR count). The third-order valence-corrected chi connectivity index (χ3v) is 11.4. The highest BCUT2D eigenvalue weighted by Gasteiger charge is 2.39. The predicted molar refractivity (Wildman–Crippen MR) is 144 cm³/mol. The molecule has 3 aromatic rings. The highest BCUT2D eigenvalue weighted by Crippen LogP contribution is 2.37. The van der Waals surface area contributed by atoms with Crippen molar-refractivity contribution in [2.24, 2.45) is 0 Å². The van der Waals surface area contributed by atoms with Crippen LogP contribution in [0, 0.1) is 0 Å². The number of fused-ring (bicyclic) bond motifs is 1. The molecule has 1 unspecified atom stereocenters. The average molecular weight is 465 g/mol. The van der Waals surface area contributed by atoms with Crippen molar-refractivity contribution >= 4 is 24.9 Å². The second kappa shape index (κ2) is 10.3. The Morgan fingerprint density at radius 1 is 0.970 bits per heavy atom. The molecule has 1 aromatic heterocycles. The first-order valence-electron chi connectivity index (χ1n) is 12.1. The molecule has 0 bridgehead atoms. The van der Waals surface area contributed by atoms with Crippen LogP contribution >= 0.6 is 0 Å². The van der Waals surface area contributed by atoms with Crippen LogP contribution in [0.1, 0.15) is 41.0 Å². The number of ether oxygens (including phenoxy) is 1. The van der Waals surface area contributed by atoms with Crippen molar-refractivity contribution in [3.8, 4) is 17.0 Å². The van der Waals surface area contributed by atoms with E-state index in [9.17, 15) is 0 Å². The zero-order valence-electron chi connectivity index (χ0n) is 21.6. The van der Waals surface area contributed by atoms with Crippen molar-refractivity contribution in [3.63, 3.8) is 0 Å². The Morgan fingerprint density at radius 2 is 1.64 bits per heavy atom. The molecule has 0 saturated heterocycles. The van der Waals surface area contributed by atoms with E-state index in [2.05, 4.69) is 102 Å². The number of nitrogens with zero attached hydrogens (tertiary/aromatic N) is 2. The third-order valence-electron chi connectivity index (χ3n) is 6.90. The summed E-state index contributed by atoms with van der Waals surface area (Å²) in [5.74, 6) is 0.837. The largest absolute Gasteiger partial charge is 0.491 e. The molecule has 178 valence electrons. The number of anilines is 1. The van der Waals surface area contributed by atoms with Crippen LogP contribution < -0.4 is 9.64 Å². The summed E-state index contributed by atoms with van der Waals surface area (Å²) in [6.07, 6.45) is 1.03. The summed E-state index contributed by atoms with van der Waals surface area (Å²) in [4.78, 5) is 7.14. The number of pyridine rings is 1. The van der Waals surface area contributed by atoms with E-state index in [0.29, 0.717) is 6.61 Å². The van der Waals surface area contributed by atoms with E-state index in [0.717, 1.165) is 40.9 Å². The number of benzene rings is 2. The maximum atomic E-state index is 6.57. The molecule has 2 aromatic carbocycles. The minimum Gasteiger partial charge on any atom is -0.491 e. The topological polar surface area (TPSA) is 34.6 Å². The average Bonchev–Trinajstić information content (AvgIpc) is 2.80. The molecule has 5 heteroatoms. The van der Waals surface area contributed by atoms with Gasteiger partial charge < -0.3 is 14.1 Å². The predicted octanol–water partition coefficient (Wildman–Crippen LogP) is 7.54. The van der Waals surface area contributed by atoms with E-state index < -0.39 is 8.32 Å². The summed E-state index contributed by atoms with van der Waals surface area (Å²) < 4.78 is 12.7. The molecule has 4 nitrogen and oxygen atoms in total. The van der Waals surface area contributed by atoms with Gasteiger partial charge in [-0.2, -0.15) is 0 Å². The lowest BCUT2D eigenvalue weighted by Gasteiger charge is -2.39. The molecule has 33 heavy (non-hydrogen) atoms. The minimum atomic E-state index is -1.82. The van der Waals surface area contributed by atoms with Gasteiger partial charge in [0.25, 0.3) is 0 Å². The Hall–Kier alpha value is -2.37. The Kier molecular flexibility index (Phi) is 7.86. The molecular formula is C28H40N2O2Si. The number of rotatable bonds is 9. The quantitative estimate of drug-likeness (QED) is 0.306. The van der Waals surface area contributed by atoms with Gasteiger partial charge in [-0.1, -0.05) is 45.9 Å².